The Balaban J connectivity index is 2.05. The van der Waals surface area contributed by atoms with Gasteiger partial charge in [-0.05, 0) is 31.4 Å². The van der Waals surface area contributed by atoms with Gasteiger partial charge in [0.15, 0.2) is 5.82 Å². The van der Waals surface area contributed by atoms with Crippen LogP contribution in [0.4, 0.5) is 8.78 Å². The summed E-state index contributed by atoms with van der Waals surface area (Å²) in [7, 11) is 0. The highest BCUT2D eigenvalue weighted by Gasteiger charge is 2.36. The number of rotatable bonds is 2. The molecule has 2 N–H and O–H groups in total. The van der Waals surface area contributed by atoms with Gasteiger partial charge in [0.05, 0.1) is 5.54 Å². The topological polar surface area (TPSA) is 64.9 Å². The minimum atomic E-state index is -0.721. The molecule has 0 radical (unpaired) electrons. The molecule has 3 rings (SSSR count). The van der Waals surface area contributed by atoms with Crippen molar-refractivity contribution in [1.82, 2.24) is 10.1 Å². The molecule has 4 nitrogen and oxygen atoms in total. The van der Waals surface area contributed by atoms with Crippen molar-refractivity contribution in [3.63, 3.8) is 0 Å². The van der Waals surface area contributed by atoms with E-state index < -0.39 is 17.2 Å². The average molecular weight is 279 g/mol. The van der Waals surface area contributed by atoms with Gasteiger partial charge in [-0.2, -0.15) is 4.98 Å². The third kappa shape index (κ3) is 2.00. The Labute approximate surface area is 115 Å². The number of benzene rings is 1. The van der Waals surface area contributed by atoms with Crippen LogP contribution in [-0.4, -0.2) is 10.1 Å². The summed E-state index contributed by atoms with van der Waals surface area (Å²) in [5, 5.41) is 3.81. The molecule has 2 aromatic rings. The second kappa shape index (κ2) is 4.63. The smallest absolute Gasteiger partial charge is 0.263 e. The van der Waals surface area contributed by atoms with Crippen LogP contribution in [0.1, 0.15) is 37.1 Å². The standard InChI is InChI=1S/C14H15F2N3O/c1-8-4-5-9(15)10(11(8)16)12-18-13(19-20-12)14(17)6-2-3-7-14/h4-5H,2-3,6-7,17H2,1H3. The summed E-state index contributed by atoms with van der Waals surface area (Å²) in [5.41, 5.74) is 5.60. The van der Waals surface area contributed by atoms with Crippen molar-refractivity contribution in [3.8, 4) is 11.5 Å². The first-order valence-electron chi connectivity index (χ1n) is 6.59. The number of aryl methyl sites for hydroxylation is 1. The lowest BCUT2D eigenvalue weighted by atomic mass is 9.98. The van der Waals surface area contributed by atoms with Crippen molar-refractivity contribution in [1.29, 1.82) is 0 Å². The summed E-state index contributed by atoms with van der Waals surface area (Å²) >= 11 is 0. The Morgan fingerprint density at radius 2 is 1.95 bits per heavy atom. The first kappa shape index (κ1) is 13.2. The molecule has 20 heavy (non-hydrogen) atoms. The molecule has 0 amide bonds. The van der Waals surface area contributed by atoms with E-state index in [2.05, 4.69) is 10.1 Å². The zero-order valence-electron chi connectivity index (χ0n) is 11.1. The van der Waals surface area contributed by atoms with Crippen molar-refractivity contribution in [2.45, 2.75) is 38.1 Å². The van der Waals surface area contributed by atoms with E-state index in [9.17, 15) is 8.78 Å². The molecule has 0 unspecified atom stereocenters. The molecule has 1 aliphatic carbocycles. The third-order valence-electron chi connectivity index (χ3n) is 3.87. The van der Waals surface area contributed by atoms with Gasteiger partial charge in [-0.25, -0.2) is 8.78 Å². The van der Waals surface area contributed by atoms with Gasteiger partial charge in [0.25, 0.3) is 5.89 Å². The Morgan fingerprint density at radius 3 is 2.65 bits per heavy atom. The van der Waals surface area contributed by atoms with Crippen molar-refractivity contribution in [2.24, 2.45) is 5.73 Å². The second-order valence-electron chi connectivity index (χ2n) is 5.34. The van der Waals surface area contributed by atoms with Crippen molar-refractivity contribution >= 4 is 0 Å². The summed E-state index contributed by atoms with van der Waals surface area (Å²) in [6.07, 6.45) is 3.50. The predicted octanol–water partition coefficient (Wildman–Crippen LogP) is 3.05. The highest BCUT2D eigenvalue weighted by atomic mass is 19.1. The van der Waals surface area contributed by atoms with Crippen LogP contribution in [0.25, 0.3) is 11.5 Å². The van der Waals surface area contributed by atoms with Crippen LogP contribution in [-0.2, 0) is 5.54 Å². The van der Waals surface area contributed by atoms with E-state index in [1.54, 1.807) is 6.92 Å². The molecule has 6 heteroatoms. The maximum Gasteiger partial charge on any atom is 0.263 e. The minimum absolute atomic E-state index is 0.157. The van der Waals surface area contributed by atoms with E-state index in [1.165, 1.54) is 12.1 Å². The normalized spacial score (nSPS) is 17.6. The molecule has 0 spiro atoms. The highest BCUT2D eigenvalue weighted by Crippen LogP contribution is 2.36. The average Bonchev–Trinajstić information content (AvgIpc) is 3.05. The minimum Gasteiger partial charge on any atom is -0.334 e. The summed E-state index contributed by atoms with van der Waals surface area (Å²) in [5.74, 6) is -1.24. The van der Waals surface area contributed by atoms with E-state index in [0.717, 1.165) is 25.7 Å². The van der Waals surface area contributed by atoms with Gasteiger partial charge in [0.1, 0.15) is 17.2 Å². The number of nitrogens with two attached hydrogens (primary N) is 1. The maximum atomic E-state index is 14.0. The number of nitrogens with zero attached hydrogens (tertiary/aromatic N) is 2. The van der Waals surface area contributed by atoms with Crippen LogP contribution in [0.3, 0.4) is 0 Å². The van der Waals surface area contributed by atoms with Gasteiger partial charge >= 0.3 is 0 Å². The fourth-order valence-corrected chi connectivity index (χ4v) is 2.61. The fourth-order valence-electron chi connectivity index (χ4n) is 2.61. The van der Waals surface area contributed by atoms with Gasteiger partial charge in [-0.1, -0.05) is 24.1 Å². The van der Waals surface area contributed by atoms with Crippen molar-refractivity contribution in [3.05, 3.63) is 35.2 Å². The number of hydrogen-bond donors (Lipinski definition) is 1. The molecule has 0 aliphatic heterocycles. The van der Waals surface area contributed by atoms with E-state index in [1.807, 2.05) is 0 Å². The lowest BCUT2D eigenvalue weighted by Crippen LogP contribution is -2.34. The van der Waals surface area contributed by atoms with E-state index in [0.29, 0.717) is 11.4 Å². The predicted molar refractivity (Wildman–Crippen MR) is 68.7 cm³/mol. The summed E-state index contributed by atoms with van der Waals surface area (Å²) in [4.78, 5) is 4.11. The van der Waals surface area contributed by atoms with E-state index >= 15 is 0 Å². The van der Waals surface area contributed by atoms with Crippen LogP contribution in [0, 0.1) is 18.6 Å². The van der Waals surface area contributed by atoms with Gasteiger partial charge in [-0.3, -0.25) is 0 Å². The van der Waals surface area contributed by atoms with Crippen LogP contribution >= 0.6 is 0 Å². The number of hydrogen-bond acceptors (Lipinski definition) is 4. The summed E-state index contributed by atoms with van der Waals surface area (Å²) in [6.45, 7) is 1.55. The Hall–Kier alpha value is -1.82. The molecule has 0 atom stereocenters. The van der Waals surface area contributed by atoms with E-state index in [4.69, 9.17) is 10.3 Å². The SMILES string of the molecule is Cc1ccc(F)c(-c2nc(C3(N)CCCC3)no2)c1F. The first-order valence-corrected chi connectivity index (χ1v) is 6.59. The highest BCUT2D eigenvalue weighted by molar-refractivity contribution is 5.56. The molecule has 1 aliphatic rings. The van der Waals surface area contributed by atoms with Crippen LogP contribution in [0.5, 0.6) is 0 Å². The van der Waals surface area contributed by atoms with E-state index in [-0.39, 0.29) is 11.5 Å². The molecule has 1 aromatic carbocycles. The largest absolute Gasteiger partial charge is 0.334 e. The van der Waals surface area contributed by atoms with Gasteiger partial charge < -0.3 is 10.3 Å². The second-order valence-corrected chi connectivity index (χ2v) is 5.34. The lowest BCUT2D eigenvalue weighted by Gasteiger charge is -2.17. The maximum absolute atomic E-state index is 14.0. The van der Waals surface area contributed by atoms with Gasteiger partial charge in [-0.15, -0.1) is 0 Å². The fraction of sp³-hybridized carbons (Fsp3) is 0.429. The Kier molecular flexibility index (Phi) is 3.05. The first-order chi connectivity index (χ1) is 9.51. The van der Waals surface area contributed by atoms with Crippen LogP contribution in [0.2, 0.25) is 0 Å². The summed E-state index contributed by atoms with van der Waals surface area (Å²) < 4.78 is 32.9. The Bertz CT molecular complexity index is 648. The Morgan fingerprint density at radius 1 is 1.25 bits per heavy atom. The molecule has 1 saturated carbocycles. The van der Waals surface area contributed by atoms with Crippen LogP contribution in [0.15, 0.2) is 16.7 Å². The summed E-state index contributed by atoms with van der Waals surface area (Å²) in [6, 6.07) is 2.55. The number of halogens is 2. The number of aromatic nitrogens is 2. The zero-order chi connectivity index (χ0) is 14.3. The molecule has 106 valence electrons. The zero-order valence-corrected chi connectivity index (χ0v) is 11.1. The van der Waals surface area contributed by atoms with Crippen LogP contribution < -0.4 is 5.73 Å². The van der Waals surface area contributed by atoms with Gasteiger partial charge in [0, 0.05) is 0 Å². The van der Waals surface area contributed by atoms with Crippen molar-refractivity contribution < 1.29 is 13.3 Å². The third-order valence-corrected chi connectivity index (χ3v) is 3.87. The van der Waals surface area contributed by atoms with Gasteiger partial charge in [0.2, 0.25) is 0 Å². The molecule has 0 bridgehead atoms. The molecular formula is C14H15F2N3O. The lowest BCUT2D eigenvalue weighted by molar-refractivity contribution is 0.371. The molecule has 1 heterocycles. The monoisotopic (exact) mass is 279 g/mol. The molecule has 1 fully saturated rings. The molecule has 0 saturated heterocycles. The molecular weight excluding hydrogens is 264 g/mol. The quantitative estimate of drug-likeness (QED) is 0.917. The van der Waals surface area contributed by atoms with Crippen molar-refractivity contribution in [2.75, 3.05) is 0 Å². The molecule has 1 aromatic heterocycles.